The number of hydrazine groups is 1. The summed E-state index contributed by atoms with van der Waals surface area (Å²) in [5.74, 6) is 5.71. The number of nitrogens with two attached hydrogens (primary N) is 1. The van der Waals surface area contributed by atoms with E-state index in [1.165, 1.54) is 12.0 Å². The summed E-state index contributed by atoms with van der Waals surface area (Å²) in [5, 5.41) is 0. The lowest BCUT2D eigenvalue weighted by molar-refractivity contribution is -0.0884. The highest BCUT2D eigenvalue weighted by atomic mass is 16.5. The second-order valence-corrected chi connectivity index (χ2v) is 5.03. The van der Waals surface area contributed by atoms with Crippen LogP contribution >= 0.6 is 0 Å². The Bertz CT molecular complexity index is 333. The molecule has 0 spiro atoms. The molecule has 3 nitrogen and oxygen atoms in total. The van der Waals surface area contributed by atoms with Gasteiger partial charge in [-0.05, 0) is 38.2 Å². The number of nitrogens with one attached hydrogen (secondary N) is 1. The zero-order valence-corrected chi connectivity index (χ0v) is 10.5. The Balaban J connectivity index is 2.05. The van der Waals surface area contributed by atoms with Crippen LogP contribution in [0.1, 0.15) is 31.7 Å². The van der Waals surface area contributed by atoms with Gasteiger partial charge >= 0.3 is 0 Å². The summed E-state index contributed by atoms with van der Waals surface area (Å²) < 4.78 is 5.95. The molecule has 2 rings (SSSR count). The van der Waals surface area contributed by atoms with Crippen molar-refractivity contribution < 1.29 is 4.74 Å². The predicted octanol–water partition coefficient (Wildman–Crippen LogP) is 2.02. The Morgan fingerprint density at radius 1 is 1.35 bits per heavy atom. The minimum Gasteiger partial charge on any atom is -0.374 e. The largest absolute Gasteiger partial charge is 0.374 e. The molecule has 17 heavy (non-hydrogen) atoms. The van der Waals surface area contributed by atoms with Crippen molar-refractivity contribution in [3.8, 4) is 0 Å². The predicted molar refractivity (Wildman–Crippen MR) is 69.5 cm³/mol. The highest BCUT2D eigenvalue weighted by Gasteiger charge is 2.36. The number of ether oxygens (including phenoxy) is 1. The Labute approximate surface area is 103 Å². The molecule has 1 aliphatic rings. The summed E-state index contributed by atoms with van der Waals surface area (Å²) >= 11 is 0. The average Bonchev–Trinajstić information content (AvgIpc) is 2.38. The molecule has 1 heterocycles. The van der Waals surface area contributed by atoms with Gasteiger partial charge < -0.3 is 4.74 Å². The summed E-state index contributed by atoms with van der Waals surface area (Å²) in [6, 6.07) is 10.6. The van der Waals surface area contributed by atoms with Crippen molar-refractivity contribution in [1.82, 2.24) is 5.43 Å². The summed E-state index contributed by atoms with van der Waals surface area (Å²) in [4.78, 5) is 0. The van der Waals surface area contributed by atoms with Crippen LogP contribution in [0.5, 0.6) is 0 Å². The van der Waals surface area contributed by atoms with Crippen LogP contribution in [0.4, 0.5) is 0 Å². The Hall–Kier alpha value is -0.900. The van der Waals surface area contributed by atoms with Crippen molar-refractivity contribution in [2.45, 2.75) is 44.2 Å². The monoisotopic (exact) mass is 234 g/mol. The molecule has 2 unspecified atom stereocenters. The number of rotatable bonds is 4. The first kappa shape index (κ1) is 12.6. The van der Waals surface area contributed by atoms with Crippen LogP contribution in [-0.2, 0) is 11.2 Å². The van der Waals surface area contributed by atoms with Gasteiger partial charge in [0.1, 0.15) is 0 Å². The molecular weight excluding hydrogens is 212 g/mol. The molecule has 94 valence electrons. The third-order valence-corrected chi connectivity index (χ3v) is 3.72. The van der Waals surface area contributed by atoms with E-state index in [0.717, 1.165) is 25.9 Å². The first-order valence-electron chi connectivity index (χ1n) is 6.38. The third kappa shape index (κ3) is 3.06. The molecule has 3 heteroatoms. The van der Waals surface area contributed by atoms with Gasteiger partial charge in [0.05, 0.1) is 11.6 Å². The zero-order valence-electron chi connectivity index (χ0n) is 10.5. The topological polar surface area (TPSA) is 47.3 Å². The lowest BCUT2D eigenvalue weighted by Gasteiger charge is -2.40. The van der Waals surface area contributed by atoms with Gasteiger partial charge in [0.2, 0.25) is 0 Å². The maximum atomic E-state index is 5.95. The number of hydrogen-bond acceptors (Lipinski definition) is 3. The molecule has 1 saturated heterocycles. The van der Waals surface area contributed by atoms with Crippen LogP contribution in [0.2, 0.25) is 0 Å². The van der Waals surface area contributed by atoms with E-state index in [9.17, 15) is 0 Å². The van der Waals surface area contributed by atoms with Crippen molar-refractivity contribution in [1.29, 1.82) is 0 Å². The van der Waals surface area contributed by atoms with Gasteiger partial charge in [-0.15, -0.1) is 0 Å². The highest BCUT2D eigenvalue weighted by Crippen LogP contribution is 2.29. The molecule has 1 aromatic carbocycles. The average molecular weight is 234 g/mol. The van der Waals surface area contributed by atoms with Gasteiger partial charge in [-0.3, -0.25) is 11.3 Å². The van der Waals surface area contributed by atoms with Crippen LogP contribution in [0.25, 0.3) is 0 Å². The normalized spacial score (nSPS) is 26.7. The Kier molecular flexibility index (Phi) is 4.15. The summed E-state index contributed by atoms with van der Waals surface area (Å²) in [7, 11) is 0. The summed E-state index contributed by atoms with van der Waals surface area (Å²) in [5.41, 5.74) is 4.10. The molecule has 0 aromatic heterocycles. The second-order valence-electron chi connectivity index (χ2n) is 5.03. The molecule has 0 aliphatic carbocycles. The fourth-order valence-corrected chi connectivity index (χ4v) is 2.53. The van der Waals surface area contributed by atoms with Crippen molar-refractivity contribution in [2.75, 3.05) is 6.61 Å². The smallest absolute Gasteiger partial charge is 0.0823 e. The molecule has 0 amide bonds. The minimum atomic E-state index is -0.136. The van der Waals surface area contributed by atoms with Crippen molar-refractivity contribution in [3.63, 3.8) is 0 Å². The van der Waals surface area contributed by atoms with Gasteiger partial charge in [-0.25, -0.2) is 0 Å². The van der Waals surface area contributed by atoms with Gasteiger partial charge in [0, 0.05) is 6.61 Å². The van der Waals surface area contributed by atoms with Crippen LogP contribution in [0, 0.1) is 0 Å². The zero-order chi connectivity index (χ0) is 12.1. The first-order chi connectivity index (χ1) is 8.24. The van der Waals surface area contributed by atoms with E-state index in [-0.39, 0.29) is 11.6 Å². The van der Waals surface area contributed by atoms with Crippen molar-refractivity contribution in [3.05, 3.63) is 35.9 Å². The minimum absolute atomic E-state index is 0.136. The highest BCUT2D eigenvalue weighted by molar-refractivity contribution is 5.17. The van der Waals surface area contributed by atoms with Crippen LogP contribution in [0.3, 0.4) is 0 Å². The van der Waals surface area contributed by atoms with E-state index in [1.807, 2.05) is 6.07 Å². The van der Waals surface area contributed by atoms with Gasteiger partial charge in [-0.1, -0.05) is 30.3 Å². The van der Waals surface area contributed by atoms with Gasteiger partial charge in [0.25, 0.3) is 0 Å². The van der Waals surface area contributed by atoms with E-state index >= 15 is 0 Å². The second kappa shape index (κ2) is 5.63. The number of benzene rings is 1. The van der Waals surface area contributed by atoms with E-state index in [0.29, 0.717) is 0 Å². The number of hydrogen-bond donors (Lipinski definition) is 2. The first-order valence-corrected chi connectivity index (χ1v) is 6.38. The molecule has 2 atom stereocenters. The van der Waals surface area contributed by atoms with Crippen LogP contribution in [0.15, 0.2) is 30.3 Å². The molecular formula is C14H22N2O. The molecule has 1 aromatic rings. The lowest BCUT2D eigenvalue weighted by atomic mass is 9.85. The van der Waals surface area contributed by atoms with Crippen molar-refractivity contribution in [2.24, 2.45) is 5.84 Å². The van der Waals surface area contributed by atoms with E-state index < -0.39 is 0 Å². The summed E-state index contributed by atoms with van der Waals surface area (Å²) in [6.45, 7) is 3.02. The van der Waals surface area contributed by atoms with E-state index in [4.69, 9.17) is 10.6 Å². The standard InChI is InChI=1S/C14H22N2O/c1-14(9-5-6-10-17-14)13(16-15)11-12-7-3-2-4-8-12/h2-4,7-8,13,16H,5-6,9-11,15H2,1H3. The molecule has 0 saturated carbocycles. The third-order valence-electron chi connectivity index (χ3n) is 3.72. The lowest BCUT2D eigenvalue weighted by Crippen LogP contribution is -2.55. The van der Waals surface area contributed by atoms with Gasteiger partial charge in [0.15, 0.2) is 0 Å². The quantitative estimate of drug-likeness (QED) is 0.619. The fourth-order valence-electron chi connectivity index (χ4n) is 2.53. The molecule has 0 radical (unpaired) electrons. The van der Waals surface area contributed by atoms with Crippen LogP contribution < -0.4 is 11.3 Å². The Morgan fingerprint density at radius 2 is 2.12 bits per heavy atom. The SMILES string of the molecule is CC1(C(Cc2ccccc2)NN)CCCCO1. The van der Waals surface area contributed by atoms with Crippen LogP contribution in [-0.4, -0.2) is 18.2 Å². The molecule has 0 bridgehead atoms. The molecule has 3 N–H and O–H groups in total. The maximum absolute atomic E-state index is 5.95. The van der Waals surface area contributed by atoms with E-state index in [2.05, 4.69) is 36.6 Å². The molecule has 1 fully saturated rings. The summed E-state index contributed by atoms with van der Waals surface area (Å²) in [6.07, 6.45) is 4.38. The Morgan fingerprint density at radius 3 is 2.71 bits per heavy atom. The molecule has 1 aliphatic heterocycles. The van der Waals surface area contributed by atoms with E-state index in [1.54, 1.807) is 0 Å². The van der Waals surface area contributed by atoms with Gasteiger partial charge in [-0.2, -0.15) is 0 Å². The fraction of sp³-hybridized carbons (Fsp3) is 0.571. The van der Waals surface area contributed by atoms with Crippen molar-refractivity contribution >= 4 is 0 Å². The maximum Gasteiger partial charge on any atom is 0.0823 e.